The van der Waals surface area contributed by atoms with Crippen molar-refractivity contribution in [3.05, 3.63) is 29.8 Å². The number of hydrogen-bond donors (Lipinski definition) is 2. The van der Waals surface area contributed by atoms with Gasteiger partial charge in [-0.3, -0.25) is 4.79 Å². The lowest BCUT2D eigenvalue weighted by atomic mass is 9.97. The van der Waals surface area contributed by atoms with Crippen LogP contribution >= 0.6 is 12.4 Å². The first-order valence-corrected chi connectivity index (χ1v) is 9.15. The molecule has 0 bridgehead atoms. The van der Waals surface area contributed by atoms with Crippen molar-refractivity contribution in [2.24, 2.45) is 11.7 Å². The summed E-state index contributed by atoms with van der Waals surface area (Å²) < 4.78 is 53.0. The molecule has 1 atom stereocenters. The Balaban J connectivity index is 0.00000312. The number of rotatable bonds is 5. The summed E-state index contributed by atoms with van der Waals surface area (Å²) in [6, 6.07) is 2.17. The quantitative estimate of drug-likeness (QED) is 0.782. The number of nitrogens with zero attached hydrogens (tertiary/aromatic N) is 1. The molecule has 3 N–H and O–H groups in total. The molecule has 1 fully saturated rings. The molecule has 6 nitrogen and oxygen atoms in total. The molecule has 25 heavy (non-hydrogen) atoms. The molecule has 10 heteroatoms. The maximum absolute atomic E-state index is 13.8. The zero-order chi connectivity index (χ0) is 17.9. The Morgan fingerprint density at radius 3 is 2.52 bits per heavy atom. The normalized spacial score (nSPS) is 17.6. The van der Waals surface area contributed by atoms with Gasteiger partial charge in [0.1, 0.15) is 16.5 Å². The molecule has 142 valence electrons. The third kappa shape index (κ3) is 5.10. The van der Waals surface area contributed by atoms with Crippen molar-refractivity contribution in [1.82, 2.24) is 9.62 Å². The van der Waals surface area contributed by atoms with Gasteiger partial charge in [-0.15, -0.1) is 12.4 Å². The van der Waals surface area contributed by atoms with Gasteiger partial charge in [-0.2, -0.15) is 4.31 Å². The lowest BCUT2D eigenvalue weighted by Gasteiger charge is -2.31. The Bertz CT molecular complexity index is 710. The van der Waals surface area contributed by atoms with Crippen LogP contribution in [0.15, 0.2) is 23.1 Å². The van der Waals surface area contributed by atoms with E-state index in [2.05, 4.69) is 5.32 Å². The number of halogens is 3. The second-order valence-electron chi connectivity index (χ2n) is 5.90. The first-order valence-electron chi connectivity index (χ1n) is 7.71. The first-order chi connectivity index (χ1) is 11.3. The van der Waals surface area contributed by atoms with Gasteiger partial charge in [-0.05, 0) is 38.0 Å². The Labute approximate surface area is 152 Å². The van der Waals surface area contributed by atoms with Crippen molar-refractivity contribution in [2.45, 2.75) is 30.7 Å². The van der Waals surface area contributed by atoms with Gasteiger partial charge in [0, 0.05) is 31.6 Å². The molecule has 1 aromatic carbocycles. The number of carbonyl (C=O) groups is 1. The van der Waals surface area contributed by atoms with E-state index in [1.165, 1.54) is 0 Å². The van der Waals surface area contributed by atoms with Gasteiger partial charge in [-0.25, -0.2) is 17.2 Å². The van der Waals surface area contributed by atoms with Crippen LogP contribution in [0.1, 0.15) is 19.8 Å². The number of hydrogen-bond acceptors (Lipinski definition) is 4. The summed E-state index contributed by atoms with van der Waals surface area (Å²) in [5.74, 6) is -2.29. The molecule has 1 aliphatic heterocycles. The molecule has 0 spiro atoms. The summed E-state index contributed by atoms with van der Waals surface area (Å²) in [7, 11) is -4.13. The summed E-state index contributed by atoms with van der Waals surface area (Å²) >= 11 is 0. The van der Waals surface area contributed by atoms with E-state index >= 15 is 0 Å². The molecule has 1 heterocycles. The third-order valence-corrected chi connectivity index (χ3v) is 5.99. The van der Waals surface area contributed by atoms with Gasteiger partial charge >= 0.3 is 0 Å². The van der Waals surface area contributed by atoms with Crippen molar-refractivity contribution in [3.8, 4) is 0 Å². The predicted octanol–water partition coefficient (Wildman–Crippen LogP) is 1.25. The van der Waals surface area contributed by atoms with Gasteiger partial charge in [-0.1, -0.05) is 0 Å². The average molecular weight is 398 g/mol. The highest BCUT2D eigenvalue weighted by Gasteiger charge is 2.33. The van der Waals surface area contributed by atoms with E-state index in [1.54, 1.807) is 6.92 Å². The molecule has 1 amide bonds. The van der Waals surface area contributed by atoms with Crippen molar-refractivity contribution < 1.29 is 22.0 Å². The molecular weight excluding hydrogens is 376 g/mol. The Morgan fingerprint density at radius 2 is 1.96 bits per heavy atom. The first kappa shape index (κ1) is 21.8. The standard InChI is InChI=1S/C15H21F2N3O3S.ClH/c1-10(9-18)19-15(21)11-4-6-20(7-5-11)24(22,23)14-8-12(16)2-3-13(14)17;/h2-3,8,10-11H,4-7,9,18H2,1H3,(H,19,21);1H/t10-;/m0./s1. The number of amides is 1. The topological polar surface area (TPSA) is 92.5 Å². The predicted molar refractivity (Wildman–Crippen MR) is 91.7 cm³/mol. The number of sulfonamides is 1. The summed E-state index contributed by atoms with van der Waals surface area (Å²) in [5.41, 5.74) is 5.45. The molecule has 0 radical (unpaired) electrons. The van der Waals surface area contributed by atoms with Crippen LogP contribution in [0.25, 0.3) is 0 Å². The Morgan fingerprint density at radius 1 is 1.36 bits per heavy atom. The molecule has 0 aliphatic carbocycles. The minimum atomic E-state index is -4.13. The van der Waals surface area contributed by atoms with Gasteiger partial charge in [0.15, 0.2) is 0 Å². The Kier molecular flexibility index (Phi) is 7.73. The molecule has 0 saturated carbocycles. The molecule has 1 aromatic rings. The highest BCUT2D eigenvalue weighted by atomic mass is 35.5. The minimum Gasteiger partial charge on any atom is -0.352 e. The van der Waals surface area contributed by atoms with Crippen LogP contribution in [0.3, 0.4) is 0 Å². The maximum atomic E-state index is 13.8. The molecule has 2 rings (SSSR count). The van der Waals surface area contributed by atoms with Crippen LogP contribution in [0.5, 0.6) is 0 Å². The highest BCUT2D eigenvalue weighted by Crippen LogP contribution is 2.26. The lowest BCUT2D eigenvalue weighted by molar-refractivity contribution is -0.126. The fourth-order valence-corrected chi connectivity index (χ4v) is 4.14. The van der Waals surface area contributed by atoms with Crippen molar-refractivity contribution in [3.63, 3.8) is 0 Å². The monoisotopic (exact) mass is 397 g/mol. The summed E-state index contributed by atoms with van der Waals surface area (Å²) in [6.45, 7) is 2.25. The molecule has 1 saturated heterocycles. The van der Waals surface area contributed by atoms with Crippen LogP contribution in [0, 0.1) is 17.6 Å². The van der Waals surface area contributed by atoms with Crippen LogP contribution in [-0.4, -0.2) is 44.3 Å². The van der Waals surface area contributed by atoms with Crippen molar-refractivity contribution >= 4 is 28.3 Å². The smallest absolute Gasteiger partial charge is 0.246 e. The number of nitrogens with two attached hydrogens (primary N) is 1. The number of nitrogens with one attached hydrogen (secondary N) is 1. The molecule has 1 aliphatic rings. The summed E-state index contributed by atoms with van der Waals surface area (Å²) in [6.07, 6.45) is 0.637. The molecule has 0 aromatic heterocycles. The van der Waals surface area contributed by atoms with E-state index in [0.29, 0.717) is 25.5 Å². The van der Waals surface area contributed by atoms with Gasteiger partial charge in [0.25, 0.3) is 0 Å². The van der Waals surface area contributed by atoms with Gasteiger partial charge < -0.3 is 11.1 Å². The second kappa shape index (κ2) is 8.88. The van der Waals surface area contributed by atoms with Crippen LogP contribution in [-0.2, 0) is 14.8 Å². The minimum absolute atomic E-state index is 0. The summed E-state index contributed by atoms with van der Waals surface area (Å²) in [5, 5.41) is 2.76. The Hall–Kier alpha value is -1.29. The molecular formula is C15H22ClF2N3O3S. The van der Waals surface area contributed by atoms with E-state index in [9.17, 15) is 22.0 Å². The number of piperidine rings is 1. The largest absolute Gasteiger partial charge is 0.352 e. The van der Waals surface area contributed by atoms with Crippen LogP contribution in [0.2, 0.25) is 0 Å². The number of carbonyl (C=O) groups excluding carboxylic acids is 1. The zero-order valence-corrected chi connectivity index (χ0v) is 15.4. The lowest BCUT2D eigenvalue weighted by Crippen LogP contribution is -2.46. The van der Waals surface area contributed by atoms with E-state index in [0.717, 1.165) is 16.4 Å². The second-order valence-corrected chi connectivity index (χ2v) is 7.80. The van der Waals surface area contributed by atoms with Crippen LogP contribution < -0.4 is 11.1 Å². The zero-order valence-electron chi connectivity index (χ0n) is 13.7. The van der Waals surface area contributed by atoms with E-state index in [-0.39, 0.29) is 43.4 Å². The van der Waals surface area contributed by atoms with Crippen molar-refractivity contribution in [1.29, 1.82) is 0 Å². The SMILES string of the molecule is C[C@@H](CN)NC(=O)C1CCN(S(=O)(=O)c2cc(F)ccc2F)CC1.Cl. The van der Waals surface area contributed by atoms with E-state index in [4.69, 9.17) is 5.73 Å². The maximum Gasteiger partial charge on any atom is 0.246 e. The highest BCUT2D eigenvalue weighted by molar-refractivity contribution is 7.89. The fourth-order valence-electron chi connectivity index (χ4n) is 2.59. The summed E-state index contributed by atoms with van der Waals surface area (Å²) in [4.78, 5) is 11.4. The molecule has 0 unspecified atom stereocenters. The van der Waals surface area contributed by atoms with Gasteiger partial charge in [0.05, 0.1) is 0 Å². The fraction of sp³-hybridized carbons (Fsp3) is 0.533. The van der Waals surface area contributed by atoms with Crippen molar-refractivity contribution in [2.75, 3.05) is 19.6 Å². The van der Waals surface area contributed by atoms with E-state index in [1.807, 2.05) is 0 Å². The van der Waals surface area contributed by atoms with Gasteiger partial charge in [0.2, 0.25) is 15.9 Å². The van der Waals surface area contributed by atoms with E-state index < -0.39 is 26.6 Å². The van der Waals surface area contributed by atoms with Crippen LogP contribution in [0.4, 0.5) is 8.78 Å². The third-order valence-electron chi connectivity index (χ3n) is 4.08. The average Bonchev–Trinajstić information content (AvgIpc) is 2.56. The number of benzene rings is 1.